The van der Waals surface area contributed by atoms with E-state index in [4.69, 9.17) is 26.8 Å². The lowest BCUT2D eigenvalue weighted by molar-refractivity contribution is 0.0600. The molecule has 0 aliphatic rings. The molecule has 0 spiro atoms. The number of ether oxygens (including phenoxy) is 2. The van der Waals surface area contributed by atoms with Crippen LogP contribution < -0.4 is 10.5 Å². The standard InChI is InChI=1S/C15H16ClN3O3/c1-8-11(13(16)19-15(17)18-8)7-10-6-9(14(20)22-3)4-5-12(10)21-2/h4-6H,7H2,1-3H3,(H2,17,18,19). The largest absolute Gasteiger partial charge is 0.496 e. The van der Waals surface area contributed by atoms with Gasteiger partial charge in [-0.3, -0.25) is 0 Å². The summed E-state index contributed by atoms with van der Waals surface area (Å²) in [6, 6.07) is 5.06. The van der Waals surface area contributed by atoms with Gasteiger partial charge in [-0.05, 0) is 30.7 Å². The molecule has 0 saturated heterocycles. The highest BCUT2D eigenvalue weighted by atomic mass is 35.5. The van der Waals surface area contributed by atoms with Gasteiger partial charge in [0.2, 0.25) is 5.95 Å². The van der Waals surface area contributed by atoms with Crippen LogP contribution in [-0.2, 0) is 11.2 Å². The number of nitrogens with zero attached hydrogens (tertiary/aromatic N) is 2. The fraction of sp³-hybridized carbons (Fsp3) is 0.267. The average Bonchev–Trinajstić information content (AvgIpc) is 2.49. The molecule has 0 saturated carbocycles. The van der Waals surface area contributed by atoms with Gasteiger partial charge in [0.1, 0.15) is 10.9 Å². The van der Waals surface area contributed by atoms with Crippen LogP contribution in [0.15, 0.2) is 18.2 Å². The van der Waals surface area contributed by atoms with Crippen molar-refractivity contribution >= 4 is 23.5 Å². The average molecular weight is 322 g/mol. The zero-order chi connectivity index (χ0) is 16.3. The van der Waals surface area contributed by atoms with Crippen LogP contribution in [-0.4, -0.2) is 30.2 Å². The van der Waals surface area contributed by atoms with E-state index in [-0.39, 0.29) is 11.1 Å². The maximum Gasteiger partial charge on any atom is 0.337 e. The number of hydrogen-bond donors (Lipinski definition) is 1. The van der Waals surface area contributed by atoms with Gasteiger partial charge in [-0.25, -0.2) is 14.8 Å². The fourth-order valence-electron chi connectivity index (χ4n) is 2.13. The maximum absolute atomic E-state index is 11.7. The third-order valence-electron chi connectivity index (χ3n) is 3.25. The number of carbonyl (C=O) groups is 1. The van der Waals surface area contributed by atoms with Crippen molar-refractivity contribution in [1.82, 2.24) is 9.97 Å². The molecule has 0 unspecified atom stereocenters. The van der Waals surface area contributed by atoms with Gasteiger partial charge in [0.25, 0.3) is 0 Å². The molecule has 2 rings (SSSR count). The lowest BCUT2D eigenvalue weighted by Crippen LogP contribution is -2.06. The third kappa shape index (κ3) is 3.28. The fourth-order valence-corrected chi connectivity index (χ4v) is 2.42. The number of methoxy groups -OCH3 is 2. The van der Waals surface area contributed by atoms with Crippen molar-refractivity contribution in [3.63, 3.8) is 0 Å². The van der Waals surface area contributed by atoms with Gasteiger partial charge in [0, 0.05) is 17.7 Å². The first-order chi connectivity index (χ1) is 10.5. The van der Waals surface area contributed by atoms with Gasteiger partial charge in [-0.15, -0.1) is 0 Å². The number of benzene rings is 1. The number of nitrogens with two attached hydrogens (primary N) is 1. The van der Waals surface area contributed by atoms with Crippen LogP contribution in [0.3, 0.4) is 0 Å². The molecule has 0 bridgehead atoms. The number of nitrogen functional groups attached to an aromatic ring is 1. The highest BCUT2D eigenvalue weighted by Crippen LogP contribution is 2.27. The second kappa shape index (κ2) is 6.62. The summed E-state index contributed by atoms with van der Waals surface area (Å²) in [6.45, 7) is 1.80. The van der Waals surface area contributed by atoms with E-state index in [0.717, 1.165) is 11.1 Å². The van der Waals surface area contributed by atoms with E-state index >= 15 is 0 Å². The number of carbonyl (C=O) groups excluding carboxylic acids is 1. The number of hydrogen-bond acceptors (Lipinski definition) is 6. The minimum atomic E-state index is -0.416. The van der Waals surface area contributed by atoms with Crippen molar-refractivity contribution in [2.75, 3.05) is 20.0 Å². The van der Waals surface area contributed by atoms with Gasteiger partial charge in [0.05, 0.1) is 19.8 Å². The summed E-state index contributed by atoms with van der Waals surface area (Å²) in [6.07, 6.45) is 0.416. The number of rotatable bonds is 4. The molecule has 7 heteroatoms. The molecule has 0 fully saturated rings. The van der Waals surface area contributed by atoms with E-state index in [1.54, 1.807) is 32.2 Å². The Morgan fingerprint density at radius 3 is 2.64 bits per heavy atom. The molecule has 1 aromatic heterocycles. The Labute approximate surface area is 133 Å². The lowest BCUT2D eigenvalue weighted by Gasteiger charge is -2.12. The van der Waals surface area contributed by atoms with E-state index in [9.17, 15) is 4.79 Å². The molecule has 0 radical (unpaired) electrons. The predicted octanol–water partition coefficient (Wildman–Crippen LogP) is 2.41. The quantitative estimate of drug-likeness (QED) is 0.687. The Morgan fingerprint density at radius 1 is 1.32 bits per heavy atom. The van der Waals surface area contributed by atoms with Crippen molar-refractivity contribution in [1.29, 1.82) is 0 Å². The number of aromatic nitrogens is 2. The first kappa shape index (κ1) is 16.0. The molecule has 1 heterocycles. The molecule has 6 nitrogen and oxygen atoms in total. The number of esters is 1. The summed E-state index contributed by atoms with van der Waals surface area (Å²) in [5, 5.41) is 0.288. The molecule has 2 N–H and O–H groups in total. The zero-order valence-electron chi connectivity index (χ0n) is 12.5. The van der Waals surface area contributed by atoms with Crippen LogP contribution in [0.25, 0.3) is 0 Å². The number of aryl methyl sites for hydroxylation is 1. The topological polar surface area (TPSA) is 87.3 Å². The second-order valence-corrected chi connectivity index (χ2v) is 4.99. The summed E-state index contributed by atoms with van der Waals surface area (Å²) in [7, 11) is 2.89. The van der Waals surface area contributed by atoms with E-state index < -0.39 is 5.97 Å². The Balaban J connectivity index is 2.46. The molecule has 0 aliphatic heterocycles. The van der Waals surface area contributed by atoms with Crippen molar-refractivity contribution in [2.45, 2.75) is 13.3 Å². The van der Waals surface area contributed by atoms with E-state index in [2.05, 4.69) is 9.97 Å². The normalized spacial score (nSPS) is 10.4. The molecule has 1 aromatic carbocycles. The highest BCUT2D eigenvalue weighted by molar-refractivity contribution is 6.30. The SMILES string of the molecule is COC(=O)c1ccc(OC)c(Cc2c(C)nc(N)nc2Cl)c1. The van der Waals surface area contributed by atoms with E-state index in [1.807, 2.05) is 0 Å². The third-order valence-corrected chi connectivity index (χ3v) is 3.56. The van der Waals surface area contributed by atoms with Crippen molar-refractivity contribution in [2.24, 2.45) is 0 Å². The zero-order valence-corrected chi connectivity index (χ0v) is 13.3. The van der Waals surface area contributed by atoms with Crippen LogP contribution in [0.1, 0.15) is 27.2 Å². The predicted molar refractivity (Wildman–Crippen MR) is 83.3 cm³/mol. The van der Waals surface area contributed by atoms with Crippen LogP contribution in [0.4, 0.5) is 5.95 Å². The first-order valence-electron chi connectivity index (χ1n) is 6.50. The monoisotopic (exact) mass is 321 g/mol. The molecule has 2 aromatic rings. The second-order valence-electron chi connectivity index (χ2n) is 4.63. The van der Waals surface area contributed by atoms with Crippen LogP contribution in [0.2, 0.25) is 5.15 Å². The maximum atomic E-state index is 11.7. The minimum absolute atomic E-state index is 0.126. The van der Waals surface area contributed by atoms with Gasteiger partial charge in [-0.2, -0.15) is 0 Å². The molecular weight excluding hydrogens is 306 g/mol. The smallest absolute Gasteiger partial charge is 0.337 e. The highest BCUT2D eigenvalue weighted by Gasteiger charge is 2.15. The van der Waals surface area contributed by atoms with Crippen LogP contribution in [0.5, 0.6) is 5.75 Å². The lowest BCUT2D eigenvalue weighted by atomic mass is 10.0. The summed E-state index contributed by atoms with van der Waals surface area (Å²) in [5.74, 6) is 0.349. The Kier molecular flexibility index (Phi) is 4.82. The van der Waals surface area contributed by atoms with Gasteiger partial charge < -0.3 is 15.2 Å². The molecule has 0 atom stereocenters. The van der Waals surface area contributed by atoms with Crippen molar-refractivity contribution in [3.05, 3.63) is 45.7 Å². The molecule has 116 valence electrons. The first-order valence-corrected chi connectivity index (χ1v) is 6.87. The Hall–Kier alpha value is -2.34. The van der Waals surface area contributed by atoms with Crippen molar-refractivity contribution in [3.8, 4) is 5.75 Å². The van der Waals surface area contributed by atoms with Crippen LogP contribution in [0, 0.1) is 6.92 Å². The molecule has 22 heavy (non-hydrogen) atoms. The van der Waals surface area contributed by atoms with Gasteiger partial charge >= 0.3 is 5.97 Å². The Morgan fingerprint density at radius 2 is 2.05 bits per heavy atom. The number of anilines is 1. The summed E-state index contributed by atoms with van der Waals surface area (Å²) >= 11 is 6.15. The van der Waals surface area contributed by atoms with Crippen LogP contribution >= 0.6 is 11.6 Å². The molecule has 0 aliphatic carbocycles. The van der Waals surface area contributed by atoms with Gasteiger partial charge in [0.15, 0.2) is 0 Å². The summed E-state index contributed by atoms with van der Waals surface area (Å²) in [5.41, 5.74) is 8.20. The number of halogens is 1. The summed E-state index contributed by atoms with van der Waals surface area (Å²) < 4.78 is 10.1. The summed E-state index contributed by atoms with van der Waals surface area (Å²) in [4.78, 5) is 19.7. The van der Waals surface area contributed by atoms with Gasteiger partial charge in [-0.1, -0.05) is 11.6 Å². The van der Waals surface area contributed by atoms with E-state index in [0.29, 0.717) is 23.4 Å². The molecule has 0 amide bonds. The van der Waals surface area contributed by atoms with E-state index in [1.165, 1.54) is 7.11 Å². The molecular formula is C15H16ClN3O3. The minimum Gasteiger partial charge on any atom is -0.496 e. The Bertz CT molecular complexity index is 696. The van der Waals surface area contributed by atoms with Crippen molar-refractivity contribution < 1.29 is 14.3 Å².